The number of benzene rings is 1. The van der Waals surface area contributed by atoms with Gasteiger partial charge in [-0.05, 0) is 25.3 Å². The smallest absolute Gasteiger partial charge is 0.248 e. The molecule has 31 heavy (non-hydrogen) atoms. The van der Waals surface area contributed by atoms with Gasteiger partial charge in [0.2, 0.25) is 17.7 Å². The van der Waals surface area contributed by atoms with Crippen LogP contribution in [0.3, 0.4) is 0 Å². The zero-order chi connectivity index (χ0) is 22.2. The molecule has 0 saturated carbocycles. The number of amides is 3. The van der Waals surface area contributed by atoms with Crippen LogP contribution < -0.4 is 5.32 Å². The maximum atomic E-state index is 12.8. The maximum Gasteiger partial charge on any atom is 0.248 e. The van der Waals surface area contributed by atoms with Gasteiger partial charge in [-0.2, -0.15) is 0 Å². The zero-order valence-corrected chi connectivity index (χ0v) is 18.4. The molecule has 2 aliphatic rings. The summed E-state index contributed by atoms with van der Waals surface area (Å²) in [5.74, 6) is -0.408. The minimum atomic E-state index is -0.326. The average Bonchev–Trinajstić information content (AvgIpc) is 3.19. The lowest BCUT2D eigenvalue weighted by Crippen LogP contribution is -2.48. The molecule has 0 bridgehead atoms. The lowest BCUT2D eigenvalue weighted by atomic mass is 10.0. The molecule has 2 unspecified atom stereocenters. The number of carbonyl (C=O) groups is 3. The molecule has 8 heteroatoms. The minimum absolute atomic E-state index is 0.0189. The van der Waals surface area contributed by atoms with Crippen molar-refractivity contribution in [1.29, 1.82) is 0 Å². The molecule has 0 radical (unpaired) electrons. The van der Waals surface area contributed by atoms with Crippen LogP contribution in [0.15, 0.2) is 30.3 Å². The van der Waals surface area contributed by atoms with Crippen molar-refractivity contribution < 1.29 is 23.9 Å². The van der Waals surface area contributed by atoms with Gasteiger partial charge in [0.05, 0.1) is 25.2 Å². The van der Waals surface area contributed by atoms with Gasteiger partial charge in [0, 0.05) is 39.2 Å². The number of hydrogen-bond acceptors (Lipinski definition) is 5. The maximum absolute atomic E-state index is 12.8. The highest BCUT2D eigenvalue weighted by Crippen LogP contribution is 2.28. The van der Waals surface area contributed by atoms with Crippen molar-refractivity contribution in [3.05, 3.63) is 35.9 Å². The molecule has 2 aliphatic heterocycles. The summed E-state index contributed by atoms with van der Waals surface area (Å²) in [6.07, 6.45) is 1.67. The third-order valence-electron chi connectivity index (χ3n) is 6.13. The van der Waals surface area contributed by atoms with Crippen LogP contribution in [0.25, 0.3) is 0 Å². The highest BCUT2D eigenvalue weighted by Gasteiger charge is 2.37. The summed E-state index contributed by atoms with van der Waals surface area (Å²) >= 11 is 0. The molecule has 3 rings (SSSR count). The Morgan fingerprint density at radius 3 is 2.55 bits per heavy atom. The lowest BCUT2D eigenvalue weighted by molar-refractivity contribution is -0.137. The fraction of sp³-hybridized carbons (Fsp3) is 0.609. The van der Waals surface area contributed by atoms with E-state index in [9.17, 15) is 14.4 Å². The van der Waals surface area contributed by atoms with E-state index in [0.717, 1.165) is 5.56 Å². The molecule has 3 amide bonds. The van der Waals surface area contributed by atoms with E-state index in [0.29, 0.717) is 45.7 Å². The van der Waals surface area contributed by atoms with Gasteiger partial charge in [0.25, 0.3) is 0 Å². The van der Waals surface area contributed by atoms with Crippen LogP contribution >= 0.6 is 0 Å². The van der Waals surface area contributed by atoms with Crippen LogP contribution in [-0.2, 0) is 23.9 Å². The molecular weight excluding hydrogens is 398 g/mol. The van der Waals surface area contributed by atoms with E-state index in [1.165, 1.54) is 0 Å². The van der Waals surface area contributed by atoms with E-state index in [1.807, 2.05) is 37.3 Å². The summed E-state index contributed by atoms with van der Waals surface area (Å²) in [6, 6.07) is 9.85. The first kappa shape index (κ1) is 23.2. The molecule has 1 aromatic carbocycles. The Morgan fingerprint density at radius 1 is 1.16 bits per heavy atom. The van der Waals surface area contributed by atoms with Gasteiger partial charge >= 0.3 is 0 Å². The first-order valence-corrected chi connectivity index (χ1v) is 11.0. The van der Waals surface area contributed by atoms with Crippen molar-refractivity contribution in [1.82, 2.24) is 15.1 Å². The Kier molecular flexibility index (Phi) is 8.43. The van der Waals surface area contributed by atoms with Gasteiger partial charge in [-0.1, -0.05) is 30.3 Å². The Bertz CT molecular complexity index is 749. The predicted molar refractivity (Wildman–Crippen MR) is 115 cm³/mol. The number of nitrogens with one attached hydrogen (secondary N) is 1. The van der Waals surface area contributed by atoms with E-state index < -0.39 is 0 Å². The normalized spacial score (nSPS) is 20.7. The van der Waals surface area contributed by atoms with Crippen molar-refractivity contribution in [3.8, 4) is 0 Å². The topological polar surface area (TPSA) is 88.2 Å². The van der Waals surface area contributed by atoms with Gasteiger partial charge in [0.15, 0.2) is 0 Å². The van der Waals surface area contributed by atoms with Crippen molar-refractivity contribution in [2.24, 2.45) is 5.92 Å². The Hall–Kier alpha value is -2.45. The fourth-order valence-electron chi connectivity index (χ4n) is 4.18. The molecule has 170 valence electrons. The largest absolute Gasteiger partial charge is 0.382 e. The second-order valence-corrected chi connectivity index (χ2v) is 8.24. The van der Waals surface area contributed by atoms with Crippen LogP contribution in [-0.4, -0.2) is 80.1 Å². The minimum Gasteiger partial charge on any atom is -0.382 e. The van der Waals surface area contributed by atoms with Crippen LogP contribution in [0, 0.1) is 5.92 Å². The SMILES string of the molecule is COCCOCC(=O)N1CCC(NC(=O)C2CC(=O)N(C(C)c3ccccc3)C2)CC1. The number of rotatable bonds is 9. The molecule has 0 aromatic heterocycles. The number of likely N-dealkylation sites (tertiary alicyclic amines) is 2. The number of hydrogen-bond donors (Lipinski definition) is 1. The van der Waals surface area contributed by atoms with Gasteiger partial charge < -0.3 is 24.6 Å². The number of carbonyl (C=O) groups excluding carboxylic acids is 3. The van der Waals surface area contributed by atoms with Crippen LogP contribution in [0.5, 0.6) is 0 Å². The lowest BCUT2D eigenvalue weighted by Gasteiger charge is -2.33. The van der Waals surface area contributed by atoms with Gasteiger partial charge in [-0.15, -0.1) is 0 Å². The summed E-state index contributed by atoms with van der Waals surface area (Å²) in [7, 11) is 1.59. The molecule has 1 N–H and O–H groups in total. The highest BCUT2D eigenvalue weighted by atomic mass is 16.5. The number of ether oxygens (including phenoxy) is 2. The predicted octanol–water partition coefficient (Wildman–Crippen LogP) is 1.37. The molecule has 8 nitrogen and oxygen atoms in total. The van der Waals surface area contributed by atoms with E-state index in [-0.39, 0.29) is 48.8 Å². The van der Waals surface area contributed by atoms with E-state index in [2.05, 4.69) is 5.32 Å². The molecule has 0 spiro atoms. The Labute approximate surface area is 183 Å². The summed E-state index contributed by atoms with van der Waals surface area (Å²) in [5.41, 5.74) is 1.07. The molecule has 2 saturated heterocycles. The quantitative estimate of drug-likeness (QED) is 0.597. The fourth-order valence-corrected chi connectivity index (χ4v) is 4.18. The monoisotopic (exact) mass is 431 g/mol. The zero-order valence-electron chi connectivity index (χ0n) is 18.4. The third kappa shape index (κ3) is 6.27. The highest BCUT2D eigenvalue weighted by molar-refractivity contribution is 5.89. The van der Waals surface area contributed by atoms with Gasteiger partial charge in [-0.3, -0.25) is 14.4 Å². The summed E-state index contributed by atoms with van der Waals surface area (Å²) in [6.45, 7) is 4.55. The van der Waals surface area contributed by atoms with E-state index in [1.54, 1.807) is 16.9 Å². The molecular formula is C23H33N3O5. The Balaban J connectivity index is 1.42. The van der Waals surface area contributed by atoms with E-state index >= 15 is 0 Å². The first-order valence-electron chi connectivity index (χ1n) is 11.0. The Morgan fingerprint density at radius 2 is 1.87 bits per heavy atom. The summed E-state index contributed by atoms with van der Waals surface area (Å²) < 4.78 is 10.2. The van der Waals surface area contributed by atoms with Crippen molar-refractivity contribution >= 4 is 17.7 Å². The summed E-state index contributed by atoms with van der Waals surface area (Å²) in [5, 5.41) is 3.10. The van der Waals surface area contributed by atoms with Crippen molar-refractivity contribution in [2.75, 3.05) is 46.6 Å². The molecule has 2 fully saturated rings. The van der Waals surface area contributed by atoms with Gasteiger partial charge in [-0.25, -0.2) is 0 Å². The number of nitrogens with zero attached hydrogens (tertiary/aromatic N) is 2. The third-order valence-corrected chi connectivity index (χ3v) is 6.13. The standard InChI is InChI=1S/C23H33N3O5/c1-17(18-6-4-3-5-7-18)26-15-19(14-21(26)27)23(29)24-20-8-10-25(11-9-20)22(28)16-31-13-12-30-2/h3-7,17,19-20H,8-16H2,1-2H3,(H,24,29). The van der Waals surface area contributed by atoms with Crippen LogP contribution in [0.2, 0.25) is 0 Å². The molecule has 2 atom stereocenters. The van der Waals surface area contributed by atoms with E-state index in [4.69, 9.17) is 9.47 Å². The van der Waals surface area contributed by atoms with Crippen LogP contribution in [0.4, 0.5) is 0 Å². The summed E-state index contributed by atoms with van der Waals surface area (Å²) in [4.78, 5) is 41.1. The molecule has 0 aliphatic carbocycles. The van der Waals surface area contributed by atoms with Crippen LogP contribution in [0.1, 0.15) is 37.8 Å². The second-order valence-electron chi connectivity index (χ2n) is 8.24. The number of piperidine rings is 1. The molecule has 2 heterocycles. The molecule has 1 aromatic rings. The van der Waals surface area contributed by atoms with Crippen molar-refractivity contribution in [2.45, 2.75) is 38.3 Å². The van der Waals surface area contributed by atoms with Gasteiger partial charge in [0.1, 0.15) is 6.61 Å². The average molecular weight is 432 g/mol. The van der Waals surface area contributed by atoms with Crippen molar-refractivity contribution in [3.63, 3.8) is 0 Å². The second kappa shape index (κ2) is 11.2. The first-order chi connectivity index (χ1) is 15.0. The number of methoxy groups -OCH3 is 1.